The number of methoxy groups -OCH3 is 1. The van der Waals surface area contributed by atoms with Gasteiger partial charge in [0.2, 0.25) is 0 Å². The second-order valence-electron chi connectivity index (χ2n) is 3.64. The Labute approximate surface area is 110 Å². The number of carbonyl (C=O) groups excluding carboxylic acids is 2. The van der Waals surface area contributed by atoms with Crippen molar-refractivity contribution in [3.05, 3.63) is 23.9 Å². The molecule has 0 spiro atoms. The molecule has 0 saturated heterocycles. The van der Waals surface area contributed by atoms with Gasteiger partial charge in [-0.05, 0) is 25.2 Å². The van der Waals surface area contributed by atoms with Crippen molar-refractivity contribution in [2.24, 2.45) is 0 Å². The molecule has 0 amide bonds. The van der Waals surface area contributed by atoms with E-state index < -0.39 is 0 Å². The van der Waals surface area contributed by atoms with Crippen molar-refractivity contribution in [3.8, 4) is 0 Å². The molecular weight excluding hydrogens is 248 g/mol. The number of nitrogens with two attached hydrogens (primary N) is 1. The van der Waals surface area contributed by atoms with Crippen LogP contribution in [0.25, 0.3) is 10.9 Å². The number of nitrogens with one attached hydrogen (secondary N) is 2. The fourth-order valence-electron chi connectivity index (χ4n) is 1.36. The zero-order chi connectivity index (χ0) is 14.3. The standard InChI is InChI=1S/C8H7N3O.C4H9NO2/c9-5-1-2-6-7(3-5)10-11-8(6)4-12;1-5-3-4(6)7-2/h1-4H,9H2,(H,10,11);5H,3H2,1-2H3. The number of rotatable bonds is 3. The van der Waals surface area contributed by atoms with Gasteiger partial charge in [0.25, 0.3) is 0 Å². The number of esters is 1. The van der Waals surface area contributed by atoms with Crippen LogP contribution in [0.5, 0.6) is 0 Å². The lowest BCUT2D eigenvalue weighted by Gasteiger charge is -1.93. The van der Waals surface area contributed by atoms with E-state index in [9.17, 15) is 9.59 Å². The fraction of sp³-hybridized carbons (Fsp3) is 0.250. The van der Waals surface area contributed by atoms with Gasteiger partial charge >= 0.3 is 5.97 Å². The average molecular weight is 264 g/mol. The van der Waals surface area contributed by atoms with E-state index in [1.807, 2.05) is 0 Å². The summed E-state index contributed by atoms with van der Waals surface area (Å²) in [5.74, 6) is -0.234. The van der Waals surface area contributed by atoms with E-state index in [-0.39, 0.29) is 12.5 Å². The van der Waals surface area contributed by atoms with Crippen molar-refractivity contribution < 1.29 is 14.3 Å². The number of likely N-dealkylation sites (N-methyl/N-ethyl adjacent to an activating group) is 1. The molecule has 0 radical (unpaired) electrons. The summed E-state index contributed by atoms with van der Waals surface area (Å²) in [6.07, 6.45) is 0.742. The Morgan fingerprint density at radius 2 is 2.32 bits per heavy atom. The predicted molar refractivity (Wildman–Crippen MR) is 71.8 cm³/mol. The third kappa shape index (κ3) is 4.07. The second kappa shape index (κ2) is 7.12. The Morgan fingerprint density at radius 1 is 1.58 bits per heavy atom. The number of hydrogen-bond acceptors (Lipinski definition) is 6. The number of anilines is 1. The molecule has 0 bridgehead atoms. The first kappa shape index (κ1) is 14.7. The number of fused-ring (bicyclic) bond motifs is 1. The smallest absolute Gasteiger partial charge is 0.319 e. The zero-order valence-electron chi connectivity index (χ0n) is 10.8. The monoisotopic (exact) mass is 264 g/mol. The molecule has 1 heterocycles. The van der Waals surface area contributed by atoms with Crippen LogP contribution >= 0.6 is 0 Å². The van der Waals surface area contributed by atoms with Crippen molar-refractivity contribution in [3.63, 3.8) is 0 Å². The molecule has 0 saturated carbocycles. The molecule has 0 fully saturated rings. The number of hydrogen-bond donors (Lipinski definition) is 3. The van der Waals surface area contributed by atoms with Crippen LogP contribution < -0.4 is 11.1 Å². The van der Waals surface area contributed by atoms with Crippen LogP contribution in [-0.4, -0.2) is 43.2 Å². The predicted octanol–water partition coefficient (Wildman–Crippen LogP) is 0.336. The topological polar surface area (TPSA) is 110 Å². The highest BCUT2D eigenvalue weighted by Crippen LogP contribution is 2.16. The van der Waals surface area contributed by atoms with E-state index in [2.05, 4.69) is 20.3 Å². The van der Waals surface area contributed by atoms with E-state index >= 15 is 0 Å². The molecule has 19 heavy (non-hydrogen) atoms. The Kier molecular flexibility index (Phi) is 5.49. The molecular formula is C12H16N4O3. The number of H-pyrrole nitrogens is 1. The third-order valence-corrected chi connectivity index (χ3v) is 2.28. The lowest BCUT2D eigenvalue weighted by Crippen LogP contribution is -2.19. The van der Waals surface area contributed by atoms with Gasteiger partial charge in [0.05, 0.1) is 19.2 Å². The van der Waals surface area contributed by atoms with Crippen molar-refractivity contribution in [1.29, 1.82) is 0 Å². The minimum atomic E-state index is -0.234. The van der Waals surface area contributed by atoms with Gasteiger partial charge in [0.1, 0.15) is 5.69 Å². The van der Waals surface area contributed by atoms with Crippen LogP contribution in [0.15, 0.2) is 18.2 Å². The molecule has 0 atom stereocenters. The minimum absolute atomic E-state index is 0.234. The van der Waals surface area contributed by atoms with Crippen LogP contribution in [0.1, 0.15) is 10.5 Å². The van der Waals surface area contributed by atoms with Crippen LogP contribution in [0.3, 0.4) is 0 Å². The number of benzene rings is 1. The highest BCUT2D eigenvalue weighted by atomic mass is 16.5. The molecule has 2 aromatic rings. The summed E-state index contributed by atoms with van der Waals surface area (Å²) >= 11 is 0. The second-order valence-corrected chi connectivity index (χ2v) is 3.64. The number of aromatic nitrogens is 2. The van der Waals surface area contributed by atoms with Gasteiger partial charge in [-0.1, -0.05) is 0 Å². The maximum Gasteiger partial charge on any atom is 0.319 e. The summed E-state index contributed by atoms with van der Waals surface area (Å²) in [7, 11) is 3.05. The Hall–Kier alpha value is -2.41. The number of nitrogen functional groups attached to an aromatic ring is 1. The Bertz CT molecular complexity index is 565. The lowest BCUT2D eigenvalue weighted by molar-refractivity contribution is -0.139. The van der Waals surface area contributed by atoms with Gasteiger partial charge in [-0.3, -0.25) is 14.7 Å². The number of carbonyl (C=O) groups is 2. The zero-order valence-corrected chi connectivity index (χ0v) is 10.8. The van der Waals surface area contributed by atoms with Gasteiger partial charge in [0, 0.05) is 11.1 Å². The lowest BCUT2D eigenvalue weighted by atomic mass is 10.2. The number of aldehydes is 1. The largest absolute Gasteiger partial charge is 0.468 e. The highest BCUT2D eigenvalue weighted by molar-refractivity contribution is 5.95. The molecule has 7 heteroatoms. The van der Waals surface area contributed by atoms with Crippen molar-refractivity contribution in [1.82, 2.24) is 15.5 Å². The summed E-state index contributed by atoms with van der Waals surface area (Å²) in [6, 6.07) is 5.24. The van der Waals surface area contributed by atoms with Gasteiger partial charge in [-0.25, -0.2) is 0 Å². The van der Waals surface area contributed by atoms with E-state index in [1.54, 1.807) is 25.2 Å². The summed E-state index contributed by atoms with van der Waals surface area (Å²) in [5, 5.41) is 9.98. The maximum absolute atomic E-state index is 10.5. The molecule has 1 aromatic heterocycles. The summed E-state index contributed by atoms with van der Waals surface area (Å²) in [4.78, 5) is 20.6. The number of aromatic amines is 1. The molecule has 2 rings (SSSR count). The first-order valence-electron chi connectivity index (χ1n) is 5.52. The highest BCUT2D eigenvalue weighted by Gasteiger charge is 2.02. The van der Waals surface area contributed by atoms with Crippen LogP contribution in [0, 0.1) is 0 Å². The van der Waals surface area contributed by atoms with Crippen LogP contribution in [-0.2, 0) is 9.53 Å². The van der Waals surface area contributed by atoms with Crippen LogP contribution in [0.2, 0.25) is 0 Å². The van der Waals surface area contributed by atoms with E-state index in [0.717, 1.165) is 17.2 Å². The first-order valence-corrected chi connectivity index (χ1v) is 5.52. The first-order chi connectivity index (χ1) is 9.12. The molecule has 102 valence electrons. The van der Waals surface area contributed by atoms with Gasteiger partial charge in [0.15, 0.2) is 6.29 Å². The molecule has 0 aliphatic rings. The minimum Gasteiger partial charge on any atom is -0.468 e. The molecule has 0 aliphatic heterocycles. The maximum atomic E-state index is 10.5. The summed E-state index contributed by atoms with van der Waals surface area (Å²) < 4.78 is 4.29. The SMILES string of the molecule is CNCC(=O)OC.Nc1ccc2c(C=O)[nH]nc2c1. The van der Waals surface area contributed by atoms with Crippen molar-refractivity contribution in [2.75, 3.05) is 26.4 Å². The van der Waals surface area contributed by atoms with Crippen molar-refractivity contribution >= 4 is 28.8 Å². The van der Waals surface area contributed by atoms with Crippen molar-refractivity contribution in [2.45, 2.75) is 0 Å². The molecule has 0 unspecified atom stereocenters. The molecule has 1 aromatic carbocycles. The van der Waals surface area contributed by atoms with E-state index in [4.69, 9.17) is 5.73 Å². The normalized spacial score (nSPS) is 9.58. The van der Waals surface area contributed by atoms with Gasteiger partial charge in [-0.2, -0.15) is 5.10 Å². The molecule has 4 N–H and O–H groups in total. The fourth-order valence-corrected chi connectivity index (χ4v) is 1.36. The number of nitrogens with zero attached hydrogens (tertiary/aromatic N) is 1. The Balaban J connectivity index is 0.000000224. The van der Waals surface area contributed by atoms with Gasteiger partial charge < -0.3 is 15.8 Å². The summed E-state index contributed by atoms with van der Waals surface area (Å²) in [5.41, 5.74) is 7.39. The summed E-state index contributed by atoms with van der Waals surface area (Å²) in [6.45, 7) is 0.288. The van der Waals surface area contributed by atoms with Crippen LogP contribution in [0.4, 0.5) is 5.69 Å². The molecule has 0 aliphatic carbocycles. The third-order valence-electron chi connectivity index (χ3n) is 2.28. The number of ether oxygens (including phenoxy) is 1. The van der Waals surface area contributed by atoms with E-state index in [0.29, 0.717) is 11.4 Å². The molecule has 7 nitrogen and oxygen atoms in total. The van der Waals surface area contributed by atoms with E-state index in [1.165, 1.54) is 7.11 Å². The Morgan fingerprint density at radius 3 is 2.84 bits per heavy atom. The van der Waals surface area contributed by atoms with Gasteiger partial charge in [-0.15, -0.1) is 0 Å². The quantitative estimate of drug-likeness (QED) is 0.419. The average Bonchev–Trinajstić information content (AvgIpc) is 2.81.